The molecule has 0 fully saturated rings. The van der Waals surface area contributed by atoms with Crippen LogP contribution < -0.4 is 5.32 Å². The van der Waals surface area contributed by atoms with Gasteiger partial charge in [-0.3, -0.25) is 0 Å². The van der Waals surface area contributed by atoms with E-state index in [2.05, 4.69) is 38.2 Å². The minimum absolute atomic E-state index is 0.0596. The smallest absolute Gasteiger partial charge is 0.117 e. The van der Waals surface area contributed by atoms with E-state index in [1.807, 2.05) is 56.3 Å². The number of hydrogen-bond acceptors (Lipinski definition) is 3. The highest BCUT2D eigenvalue weighted by Gasteiger charge is 2.34. The number of nitrogens with one attached hydrogen (secondary N) is 1. The molecule has 2 atom stereocenters. The molecule has 2 aromatic carbocycles. The van der Waals surface area contributed by atoms with E-state index >= 15 is 0 Å². The van der Waals surface area contributed by atoms with Crippen molar-refractivity contribution >= 4 is 0 Å². The van der Waals surface area contributed by atoms with Crippen LogP contribution in [0, 0.1) is 0 Å². The summed E-state index contributed by atoms with van der Waals surface area (Å²) < 4.78 is 0. The molecule has 0 aliphatic heterocycles. The molecular weight excluding hydrogens is 322 g/mol. The summed E-state index contributed by atoms with van der Waals surface area (Å²) in [6, 6.07) is 18.0. The largest absolute Gasteiger partial charge is 0.392 e. The Bertz CT molecular complexity index is 674. The van der Waals surface area contributed by atoms with Crippen LogP contribution in [-0.4, -0.2) is 28.9 Å². The predicted molar refractivity (Wildman–Crippen MR) is 108 cm³/mol. The molecule has 0 aliphatic carbocycles. The van der Waals surface area contributed by atoms with E-state index in [-0.39, 0.29) is 11.8 Å². The molecule has 3 heteroatoms. The number of aliphatic hydroxyl groups is 2. The number of aliphatic hydroxyl groups excluding tert-OH is 1. The molecule has 0 radical (unpaired) electrons. The van der Waals surface area contributed by atoms with Crippen molar-refractivity contribution in [1.82, 2.24) is 5.32 Å². The van der Waals surface area contributed by atoms with Crippen LogP contribution in [0.2, 0.25) is 0 Å². The van der Waals surface area contributed by atoms with Crippen molar-refractivity contribution in [1.29, 1.82) is 0 Å². The molecule has 0 amide bonds. The summed E-state index contributed by atoms with van der Waals surface area (Å²) >= 11 is 0. The molecule has 0 spiro atoms. The van der Waals surface area contributed by atoms with Crippen molar-refractivity contribution < 1.29 is 10.2 Å². The van der Waals surface area contributed by atoms with Crippen LogP contribution in [0.1, 0.15) is 57.7 Å². The van der Waals surface area contributed by atoms with E-state index in [1.54, 1.807) is 0 Å². The van der Waals surface area contributed by atoms with Crippen molar-refractivity contribution in [3.05, 3.63) is 71.3 Å². The maximum absolute atomic E-state index is 11.6. The first-order chi connectivity index (χ1) is 12.1. The lowest BCUT2D eigenvalue weighted by Gasteiger charge is -2.32. The lowest BCUT2D eigenvalue weighted by atomic mass is 9.79. The van der Waals surface area contributed by atoms with Gasteiger partial charge in [-0.15, -0.1) is 0 Å². The van der Waals surface area contributed by atoms with E-state index < -0.39 is 11.7 Å². The van der Waals surface area contributed by atoms with Crippen LogP contribution in [0.25, 0.3) is 0 Å². The average molecular weight is 356 g/mol. The number of hydrogen-bond donors (Lipinski definition) is 3. The molecule has 3 nitrogen and oxygen atoms in total. The minimum Gasteiger partial charge on any atom is -0.392 e. The van der Waals surface area contributed by atoms with Crippen LogP contribution in [-0.2, 0) is 11.0 Å². The highest BCUT2D eigenvalue weighted by molar-refractivity contribution is 5.38. The fourth-order valence-electron chi connectivity index (χ4n) is 3.15. The summed E-state index contributed by atoms with van der Waals surface area (Å²) in [5.74, 6) is 0. The van der Waals surface area contributed by atoms with Crippen molar-refractivity contribution in [2.75, 3.05) is 6.54 Å². The predicted octanol–water partition coefficient (Wildman–Crippen LogP) is 3.97. The monoisotopic (exact) mass is 355 g/mol. The topological polar surface area (TPSA) is 52.5 Å². The van der Waals surface area contributed by atoms with Gasteiger partial charge in [0.15, 0.2) is 0 Å². The highest BCUT2D eigenvalue weighted by Crippen LogP contribution is 2.35. The van der Waals surface area contributed by atoms with Gasteiger partial charge in [0.05, 0.1) is 6.10 Å². The van der Waals surface area contributed by atoms with Crippen LogP contribution in [0.5, 0.6) is 0 Å². The Balaban J connectivity index is 2.35. The van der Waals surface area contributed by atoms with Gasteiger partial charge in [-0.05, 0) is 22.1 Å². The summed E-state index contributed by atoms with van der Waals surface area (Å²) in [5.41, 5.74) is 1.66. The van der Waals surface area contributed by atoms with E-state index in [0.717, 1.165) is 11.1 Å². The quantitative estimate of drug-likeness (QED) is 0.704. The molecule has 2 aromatic rings. The van der Waals surface area contributed by atoms with Crippen molar-refractivity contribution in [2.45, 2.75) is 64.2 Å². The van der Waals surface area contributed by atoms with Gasteiger partial charge in [-0.2, -0.15) is 0 Å². The zero-order chi connectivity index (χ0) is 19.4. The third-order valence-electron chi connectivity index (χ3n) is 4.77. The first kappa shape index (κ1) is 20.6. The van der Waals surface area contributed by atoms with Gasteiger partial charge >= 0.3 is 0 Å². The van der Waals surface area contributed by atoms with Crippen LogP contribution in [0.15, 0.2) is 54.6 Å². The molecule has 0 aromatic heterocycles. The Hall–Kier alpha value is -1.68. The van der Waals surface area contributed by atoms with Gasteiger partial charge in [-0.1, -0.05) is 89.2 Å². The Kier molecular flexibility index (Phi) is 6.62. The van der Waals surface area contributed by atoms with Gasteiger partial charge in [0.25, 0.3) is 0 Å². The molecule has 0 aliphatic rings. The second-order valence-electron chi connectivity index (χ2n) is 8.47. The van der Waals surface area contributed by atoms with E-state index in [0.29, 0.717) is 12.6 Å². The zero-order valence-corrected chi connectivity index (χ0v) is 16.7. The summed E-state index contributed by atoms with van der Waals surface area (Å²) in [5, 5.41) is 25.4. The molecule has 0 heterocycles. The van der Waals surface area contributed by atoms with Crippen LogP contribution >= 0.6 is 0 Å². The van der Waals surface area contributed by atoms with E-state index in [9.17, 15) is 10.2 Å². The molecule has 3 N–H and O–H groups in total. The molecule has 0 bridgehead atoms. The average Bonchev–Trinajstić information content (AvgIpc) is 2.60. The summed E-state index contributed by atoms with van der Waals surface area (Å²) in [6.07, 6.45) is -0.407. The second kappa shape index (κ2) is 8.34. The summed E-state index contributed by atoms with van der Waals surface area (Å²) in [7, 11) is 0. The van der Waals surface area contributed by atoms with Crippen LogP contribution in [0.3, 0.4) is 0 Å². The fraction of sp³-hybridized carbons (Fsp3) is 0.478. The first-order valence-corrected chi connectivity index (χ1v) is 9.43. The Morgan fingerprint density at radius 3 is 1.85 bits per heavy atom. The Morgan fingerprint density at radius 2 is 1.35 bits per heavy atom. The van der Waals surface area contributed by atoms with E-state index in [1.165, 1.54) is 5.56 Å². The van der Waals surface area contributed by atoms with Gasteiger partial charge in [0.2, 0.25) is 0 Å². The lowest BCUT2D eigenvalue weighted by molar-refractivity contribution is 0.0172. The minimum atomic E-state index is -1.23. The summed E-state index contributed by atoms with van der Waals surface area (Å²) in [4.78, 5) is 0. The molecular formula is C23H33NO2. The molecule has 2 rings (SSSR count). The standard InChI is InChI=1S/C23H33NO2/c1-17(2)24-16-21(25)15-23(26,19-9-7-6-8-10-19)20-13-11-18(12-14-20)22(3,4)5/h6-14,17,21,24-26H,15-16H2,1-5H3. The van der Waals surface area contributed by atoms with Crippen LogP contribution in [0.4, 0.5) is 0 Å². The third-order valence-corrected chi connectivity index (χ3v) is 4.77. The number of rotatable bonds is 7. The zero-order valence-electron chi connectivity index (χ0n) is 16.7. The third kappa shape index (κ3) is 5.16. The molecule has 0 saturated carbocycles. The molecule has 26 heavy (non-hydrogen) atoms. The fourth-order valence-corrected chi connectivity index (χ4v) is 3.15. The van der Waals surface area contributed by atoms with Gasteiger partial charge in [0, 0.05) is 19.0 Å². The van der Waals surface area contributed by atoms with Crippen molar-refractivity contribution in [3.63, 3.8) is 0 Å². The second-order valence-corrected chi connectivity index (χ2v) is 8.47. The number of benzene rings is 2. The normalized spacial score (nSPS) is 15.7. The Labute approximate surface area is 158 Å². The highest BCUT2D eigenvalue weighted by atomic mass is 16.3. The molecule has 2 unspecified atom stereocenters. The van der Waals surface area contributed by atoms with Crippen molar-refractivity contribution in [3.8, 4) is 0 Å². The molecule has 142 valence electrons. The van der Waals surface area contributed by atoms with Gasteiger partial charge < -0.3 is 15.5 Å². The first-order valence-electron chi connectivity index (χ1n) is 9.43. The maximum Gasteiger partial charge on any atom is 0.117 e. The Morgan fingerprint density at radius 1 is 0.846 bits per heavy atom. The van der Waals surface area contributed by atoms with Gasteiger partial charge in [-0.25, -0.2) is 0 Å². The maximum atomic E-state index is 11.6. The van der Waals surface area contributed by atoms with E-state index in [4.69, 9.17) is 0 Å². The SMILES string of the molecule is CC(C)NCC(O)CC(O)(c1ccccc1)c1ccc(C(C)(C)C)cc1. The summed E-state index contributed by atoms with van der Waals surface area (Å²) in [6.45, 7) is 11.1. The molecule has 0 saturated heterocycles. The lowest BCUT2D eigenvalue weighted by Crippen LogP contribution is -2.38. The van der Waals surface area contributed by atoms with Crippen molar-refractivity contribution in [2.24, 2.45) is 0 Å². The van der Waals surface area contributed by atoms with Gasteiger partial charge in [0.1, 0.15) is 5.60 Å².